The van der Waals surface area contributed by atoms with Crippen molar-refractivity contribution in [2.45, 2.75) is 39.5 Å². The molecule has 1 amide bonds. The van der Waals surface area contributed by atoms with Crippen molar-refractivity contribution in [1.29, 1.82) is 0 Å². The average molecular weight is 506 g/mol. The summed E-state index contributed by atoms with van der Waals surface area (Å²) in [6, 6.07) is 14.3. The molecule has 1 aliphatic heterocycles. The molecular formula is C30H41N4O3+3. The van der Waals surface area contributed by atoms with Crippen LogP contribution in [-0.4, -0.2) is 68.8 Å². The van der Waals surface area contributed by atoms with Gasteiger partial charge in [0, 0.05) is 18.5 Å². The van der Waals surface area contributed by atoms with E-state index in [2.05, 4.69) is 40.6 Å². The molecule has 0 radical (unpaired) electrons. The molecule has 5 N–H and O–H groups in total. The van der Waals surface area contributed by atoms with E-state index in [1.807, 2.05) is 32.9 Å². The highest BCUT2D eigenvalue weighted by Gasteiger charge is 2.29. The Morgan fingerprint density at radius 1 is 0.973 bits per heavy atom. The first-order valence-electron chi connectivity index (χ1n) is 13.4. The SMILES string of the molecule is Cc1ccc([C@H]2CC(=O)C(C=[NH+]CC[NH+]3CC[NH+](CC(=O)Nc4cc(C)cc(C)c4)CC3)=C(O)C2)cc1. The fraction of sp³-hybridized carbons (Fsp3) is 0.433. The van der Waals surface area contributed by atoms with Crippen LogP contribution in [0.1, 0.15) is 41.0 Å². The number of hydrogen-bond acceptors (Lipinski definition) is 3. The number of amides is 1. The van der Waals surface area contributed by atoms with Crippen LogP contribution in [0.2, 0.25) is 0 Å². The third kappa shape index (κ3) is 7.60. The van der Waals surface area contributed by atoms with Crippen LogP contribution < -0.4 is 20.1 Å². The van der Waals surface area contributed by atoms with E-state index in [4.69, 9.17) is 0 Å². The number of aliphatic hydroxyl groups is 1. The summed E-state index contributed by atoms with van der Waals surface area (Å²) in [5, 5.41) is 13.6. The normalized spacial score (nSPS) is 22.5. The maximum Gasteiger partial charge on any atom is 0.279 e. The van der Waals surface area contributed by atoms with Crippen LogP contribution in [0.4, 0.5) is 5.69 Å². The number of carbonyl (C=O) groups excluding carboxylic acids is 2. The minimum atomic E-state index is -0.00881. The first-order valence-corrected chi connectivity index (χ1v) is 13.4. The molecule has 1 aliphatic carbocycles. The zero-order valence-electron chi connectivity index (χ0n) is 22.3. The van der Waals surface area contributed by atoms with Crippen LogP contribution in [0.3, 0.4) is 0 Å². The number of piperazine rings is 1. The number of nitrogens with one attached hydrogen (secondary N) is 4. The van der Waals surface area contributed by atoms with E-state index < -0.39 is 0 Å². The van der Waals surface area contributed by atoms with Gasteiger partial charge in [0.05, 0.1) is 0 Å². The molecule has 0 bridgehead atoms. The summed E-state index contributed by atoms with van der Waals surface area (Å²) >= 11 is 0. The molecule has 7 heteroatoms. The number of quaternary nitrogens is 2. The average Bonchev–Trinajstić information content (AvgIpc) is 2.83. The number of ketones is 1. The summed E-state index contributed by atoms with van der Waals surface area (Å²) in [7, 11) is 0. The maximum absolute atomic E-state index is 12.7. The smallest absolute Gasteiger partial charge is 0.279 e. The fourth-order valence-electron chi connectivity index (χ4n) is 5.43. The lowest BCUT2D eigenvalue weighted by Crippen LogP contribution is -3.29. The number of aliphatic hydroxyl groups excluding tert-OH is 1. The first-order chi connectivity index (χ1) is 17.8. The van der Waals surface area contributed by atoms with Crippen LogP contribution >= 0.6 is 0 Å². The Morgan fingerprint density at radius 2 is 1.62 bits per heavy atom. The van der Waals surface area contributed by atoms with Crippen LogP contribution in [0.25, 0.3) is 0 Å². The second-order valence-electron chi connectivity index (χ2n) is 10.7. The molecule has 0 spiro atoms. The van der Waals surface area contributed by atoms with Crippen molar-refractivity contribution >= 4 is 23.6 Å². The lowest BCUT2D eigenvalue weighted by molar-refractivity contribution is -1.01. The molecule has 1 heterocycles. The van der Waals surface area contributed by atoms with Gasteiger partial charge in [-0.25, -0.2) is 4.99 Å². The highest BCUT2D eigenvalue weighted by molar-refractivity contribution is 6.13. The van der Waals surface area contributed by atoms with Gasteiger partial charge in [0.1, 0.15) is 44.1 Å². The third-order valence-electron chi connectivity index (χ3n) is 7.48. The summed E-state index contributed by atoms with van der Waals surface area (Å²) < 4.78 is 0. The zero-order chi connectivity index (χ0) is 26.4. The highest BCUT2D eigenvalue weighted by Crippen LogP contribution is 2.32. The van der Waals surface area contributed by atoms with Crippen LogP contribution in [0.5, 0.6) is 0 Å². The van der Waals surface area contributed by atoms with Crippen molar-refractivity contribution < 1.29 is 29.5 Å². The Bertz CT molecular complexity index is 1160. The predicted molar refractivity (Wildman–Crippen MR) is 145 cm³/mol. The number of rotatable bonds is 8. The van der Waals surface area contributed by atoms with E-state index in [0.717, 1.165) is 61.6 Å². The maximum atomic E-state index is 12.7. The van der Waals surface area contributed by atoms with Gasteiger partial charge in [-0.1, -0.05) is 35.9 Å². The molecule has 1 saturated heterocycles. The molecule has 0 aromatic heterocycles. The zero-order valence-corrected chi connectivity index (χ0v) is 22.3. The Morgan fingerprint density at radius 3 is 2.27 bits per heavy atom. The van der Waals surface area contributed by atoms with E-state index >= 15 is 0 Å². The van der Waals surface area contributed by atoms with E-state index in [0.29, 0.717) is 25.0 Å². The van der Waals surface area contributed by atoms with Crippen molar-refractivity contribution in [2.24, 2.45) is 0 Å². The van der Waals surface area contributed by atoms with Crippen molar-refractivity contribution in [3.05, 3.63) is 76.1 Å². The van der Waals surface area contributed by atoms with Gasteiger partial charge in [-0.3, -0.25) is 9.59 Å². The number of Topliss-reactive ketones (excluding diaryl/α,β-unsaturated/α-hetero) is 1. The molecule has 4 rings (SSSR count). The Kier molecular flexibility index (Phi) is 8.90. The van der Waals surface area contributed by atoms with E-state index in [1.165, 1.54) is 15.4 Å². The van der Waals surface area contributed by atoms with Gasteiger partial charge in [-0.15, -0.1) is 0 Å². The lowest BCUT2D eigenvalue weighted by atomic mass is 9.83. The van der Waals surface area contributed by atoms with Gasteiger partial charge in [-0.05, 0) is 55.5 Å². The standard InChI is InChI=1S/C30H38N4O3/c1-21-4-6-24(7-5-21)25-17-28(35)27(29(36)18-25)19-31-8-9-33-10-12-34(13-11-33)20-30(37)32-26-15-22(2)14-23(3)16-26/h4-7,14-16,19,25,35H,8-13,17-18,20H2,1-3H3,(H,32,37)/p+3/t25-/m1/s1. The summed E-state index contributed by atoms with van der Waals surface area (Å²) in [5.41, 5.74) is 5.88. The molecule has 2 aromatic carbocycles. The number of hydrogen-bond donors (Lipinski definition) is 5. The summed E-state index contributed by atoms with van der Waals surface area (Å²) in [6.07, 6.45) is 2.62. The van der Waals surface area contributed by atoms with Crippen LogP contribution in [-0.2, 0) is 9.59 Å². The molecule has 0 unspecified atom stereocenters. The topological polar surface area (TPSA) is 89.2 Å². The summed E-state index contributed by atoms with van der Waals surface area (Å²) in [5.74, 6) is 0.273. The molecular weight excluding hydrogens is 464 g/mol. The molecule has 1 atom stereocenters. The van der Waals surface area contributed by atoms with Gasteiger partial charge < -0.3 is 20.2 Å². The van der Waals surface area contributed by atoms with Gasteiger partial charge >= 0.3 is 0 Å². The molecule has 1 fully saturated rings. The van der Waals surface area contributed by atoms with Crippen molar-refractivity contribution in [1.82, 2.24) is 0 Å². The summed E-state index contributed by atoms with van der Waals surface area (Å²) in [4.78, 5) is 31.3. The van der Waals surface area contributed by atoms with Crippen molar-refractivity contribution in [2.75, 3.05) is 51.1 Å². The van der Waals surface area contributed by atoms with Gasteiger partial charge in [0.25, 0.3) is 5.91 Å². The van der Waals surface area contributed by atoms with Gasteiger partial charge in [0.15, 0.2) is 25.1 Å². The molecule has 2 aromatic rings. The lowest BCUT2D eigenvalue weighted by Gasteiger charge is -2.28. The molecule has 7 nitrogen and oxygen atoms in total. The van der Waals surface area contributed by atoms with Crippen molar-refractivity contribution in [3.63, 3.8) is 0 Å². The quantitative estimate of drug-likeness (QED) is 0.312. The van der Waals surface area contributed by atoms with Crippen LogP contribution in [0, 0.1) is 20.8 Å². The summed E-state index contributed by atoms with van der Waals surface area (Å²) in [6.45, 7) is 12.2. The number of carbonyl (C=O) groups is 2. The first kappa shape index (κ1) is 26.8. The molecule has 196 valence electrons. The second-order valence-corrected chi connectivity index (χ2v) is 10.7. The Hall–Kier alpha value is -3.29. The number of benzene rings is 2. The number of aryl methyl sites for hydroxylation is 3. The molecule has 2 aliphatic rings. The number of allylic oxidation sites excluding steroid dienone is 2. The fourth-order valence-corrected chi connectivity index (χ4v) is 5.43. The van der Waals surface area contributed by atoms with E-state index in [9.17, 15) is 14.7 Å². The van der Waals surface area contributed by atoms with Gasteiger partial charge in [0.2, 0.25) is 0 Å². The largest absolute Gasteiger partial charge is 0.511 e. The van der Waals surface area contributed by atoms with Gasteiger partial charge in [-0.2, -0.15) is 0 Å². The van der Waals surface area contributed by atoms with E-state index in [1.54, 1.807) is 6.21 Å². The minimum absolute atomic E-state index is 0.00881. The van der Waals surface area contributed by atoms with Crippen molar-refractivity contribution in [3.8, 4) is 0 Å². The Balaban J connectivity index is 1.18. The highest BCUT2D eigenvalue weighted by atomic mass is 16.3. The molecule has 37 heavy (non-hydrogen) atoms. The Labute approximate surface area is 219 Å². The predicted octanol–water partition coefficient (Wildman–Crippen LogP) is -0.556. The minimum Gasteiger partial charge on any atom is -0.511 e. The monoisotopic (exact) mass is 505 g/mol. The third-order valence-corrected chi connectivity index (χ3v) is 7.48. The number of anilines is 1. The second kappa shape index (κ2) is 12.3. The van der Waals surface area contributed by atoms with Crippen LogP contribution in [0.15, 0.2) is 53.8 Å². The van der Waals surface area contributed by atoms with E-state index in [-0.39, 0.29) is 23.4 Å². The molecule has 0 saturated carbocycles.